The largest absolute Gasteiger partial charge is 0.338 e. The van der Waals surface area contributed by atoms with Gasteiger partial charge in [0.25, 0.3) is 0 Å². The smallest absolute Gasteiger partial charge is 0.319 e. The highest BCUT2D eigenvalue weighted by molar-refractivity contribution is 5.93. The molecule has 0 aliphatic carbocycles. The van der Waals surface area contributed by atoms with Crippen LogP contribution in [0.5, 0.6) is 0 Å². The van der Waals surface area contributed by atoms with Crippen LogP contribution in [0.1, 0.15) is 70.8 Å². The first-order valence-corrected chi connectivity index (χ1v) is 13.6. The summed E-state index contributed by atoms with van der Waals surface area (Å²) in [4.78, 5) is 29.8. The fourth-order valence-electron chi connectivity index (χ4n) is 5.12. The average molecular weight is 487 g/mol. The van der Waals surface area contributed by atoms with E-state index in [1.807, 2.05) is 19.1 Å². The Hall–Kier alpha value is -2.32. The van der Waals surface area contributed by atoms with Gasteiger partial charge >= 0.3 is 12.1 Å². The zero-order chi connectivity index (χ0) is 25.0. The third-order valence-corrected chi connectivity index (χ3v) is 7.44. The number of carbonyl (C=O) groups excluding carboxylic acids is 2. The predicted molar refractivity (Wildman–Crippen MR) is 144 cm³/mol. The van der Waals surface area contributed by atoms with Crippen molar-refractivity contribution in [2.75, 3.05) is 49.9 Å². The quantitative estimate of drug-likeness (QED) is 0.359. The minimum absolute atomic E-state index is 0.215. The number of rotatable bonds is 10. The van der Waals surface area contributed by atoms with E-state index in [4.69, 9.17) is 0 Å². The molecule has 0 aromatic heterocycles. The molecule has 0 saturated carbocycles. The van der Waals surface area contributed by atoms with Crippen molar-refractivity contribution < 1.29 is 9.59 Å². The first-order valence-electron chi connectivity index (χ1n) is 13.6. The molecule has 8 nitrogen and oxygen atoms in total. The Morgan fingerprint density at radius 1 is 0.829 bits per heavy atom. The summed E-state index contributed by atoms with van der Waals surface area (Å²) in [6.07, 6.45) is 9.62. The van der Waals surface area contributed by atoms with E-state index >= 15 is 0 Å². The second kappa shape index (κ2) is 14.3. The van der Waals surface area contributed by atoms with Crippen LogP contribution >= 0.6 is 0 Å². The minimum Gasteiger partial charge on any atom is -0.338 e. The molecule has 0 bridgehead atoms. The van der Waals surface area contributed by atoms with E-state index in [2.05, 4.69) is 44.9 Å². The number of anilines is 2. The molecule has 4 N–H and O–H groups in total. The number of hydrogen-bond acceptors (Lipinski definition) is 4. The van der Waals surface area contributed by atoms with Crippen LogP contribution in [0.4, 0.5) is 21.0 Å². The van der Waals surface area contributed by atoms with Crippen LogP contribution in [0.3, 0.4) is 0 Å². The molecule has 2 aliphatic rings. The van der Waals surface area contributed by atoms with Crippen LogP contribution < -0.4 is 21.3 Å². The fourth-order valence-corrected chi connectivity index (χ4v) is 5.12. The van der Waals surface area contributed by atoms with Gasteiger partial charge in [-0.05, 0) is 90.1 Å². The van der Waals surface area contributed by atoms with Crippen LogP contribution in [0.25, 0.3) is 0 Å². The molecule has 2 heterocycles. The van der Waals surface area contributed by atoms with Gasteiger partial charge in [0, 0.05) is 49.6 Å². The van der Waals surface area contributed by atoms with Crippen LogP contribution in [0, 0.1) is 6.92 Å². The molecular formula is C27H46N6O2. The summed E-state index contributed by atoms with van der Waals surface area (Å²) in [7, 11) is 0. The summed E-state index contributed by atoms with van der Waals surface area (Å²) in [5.74, 6) is 0. The van der Waals surface area contributed by atoms with Gasteiger partial charge in [-0.25, -0.2) is 9.59 Å². The molecule has 2 saturated heterocycles. The number of likely N-dealkylation sites (tertiary alicyclic amines) is 2. The maximum absolute atomic E-state index is 12.4. The van der Waals surface area contributed by atoms with Crippen LogP contribution in [0.15, 0.2) is 18.2 Å². The Morgan fingerprint density at radius 2 is 1.37 bits per heavy atom. The highest BCUT2D eigenvalue weighted by Gasteiger charge is 2.18. The molecule has 0 spiro atoms. The first kappa shape index (κ1) is 27.3. The molecule has 0 radical (unpaired) electrons. The van der Waals surface area contributed by atoms with Gasteiger partial charge in [0.1, 0.15) is 0 Å². The van der Waals surface area contributed by atoms with Crippen molar-refractivity contribution in [1.29, 1.82) is 0 Å². The molecule has 35 heavy (non-hydrogen) atoms. The molecule has 1 aromatic carbocycles. The topological polar surface area (TPSA) is 88.7 Å². The molecule has 2 atom stereocenters. The van der Waals surface area contributed by atoms with Gasteiger partial charge in [0.15, 0.2) is 0 Å². The average Bonchev–Trinajstić information content (AvgIpc) is 2.84. The Labute approximate surface area is 211 Å². The van der Waals surface area contributed by atoms with E-state index in [9.17, 15) is 9.59 Å². The highest BCUT2D eigenvalue weighted by atomic mass is 16.2. The molecule has 2 unspecified atom stereocenters. The molecule has 1 aromatic rings. The van der Waals surface area contributed by atoms with Gasteiger partial charge in [0.2, 0.25) is 0 Å². The maximum Gasteiger partial charge on any atom is 0.319 e. The first-order chi connectivity index (χ1) is 16.9. The number of nitrogens with zero attached hydrogens (tertiary/aromatic N) is 2. The number of benzene rings is 1. The van der Waals surface area contributed by atoms with Gasteiger partial charge in [-0.2, -0.15) is 0 Å². The summed E-state index contributed by atoms with van der Waals surface area (Å²) in [6, 6.07) is 6.42. The van der Waals surface area contributed by atoms with Crippen LogP contribution in [-0.2, 0) is 0 Å². The number of aryl methyl sites for hydroxylation is 1. The SMILES string of the molecule is Cc1ccc(NC(=O)NCCCN2CCCCC2C)cc1NC(=O)NCCCN1CCCCC1C. The second-order valence-corrected chi connectivity index (χ2v) is 10.3. The Kier molecular flexibility index (Phi) is 11.1. The van der Waals surface area contributed by atoms with Crippen molar-refractivity contribution in [3.63, 3.8) is 0 Å². The number of piperidine rings is 2. The van der Waals surface area contributed by atoms with Crippen molar-refractivity contribution in [3.8, 4) is 0 Å². The Bertz CT molecular complexity index is 817. The lowest BCUT2D eigenvalue weighted by atomic mass is 10.0. The normalized spacial score (nSPS) is 21.3. The standard InChI is InChI=1S/C27H46N6O2/c1-21-12-13-24(30-26(34)28-14-8-18-32-16-6-4-10-22(32)2)20-25(21)31-27(35)29-15-9-19-33-17-7-5-11-23(33)3/h12-13,20,22-23H,4-11,14-19H2,1-3H3,(H2,28,30,34)(H2,29,31,35). The number of amides is 4. The second-order valence-electron chi connectivity index (χ2n) is 10.3. The van der Waals surface area contributed by atoms with Gasteiger partial charge in [-0.1, -0.05) is 18.9 Å². The number of carbonyl (C=O) groups is 2. The predicted octanol–water partition coefficient (Wildman–Crippen LogP) is 4.77. The third-order valence-electron chi connectivity index (χ3n) is 7.44. The van der Waals surface area contributed by atoms with E-state index in [0.29, 0.717) is 36.5 Å². The zero-order valence-corrected chi connectivity index (χ0v) is 22.0. The summed E-state index contributed by atoms with van der Waals surface area (Å²) in [5.41, 5.74) is 2.31. The summed E-state index contributed by atoms with van der Waals surface area (Å²) >= 11 is 0. The number of nitrogens with one attached hydrogen (secondary N) is 4. The van der Waals surface area contributed by atoms with Gasteiger partial charge in [0.05, 0.1) is 0 Å². The molecule has 4 amide bonds. The van der Waals surface area contributed by atoms with Crippen molar-refractivity contribution in [2.45, 2.75) is 84.2 Å². The summed E-state index contributed by atoms with van der Waals surface area (Å²) < 4.78 is 0. The van der Waals surface area contributed by atoms with Crippen molar-refractivity contribution in [3.05, 3.63) is 23.8 Å². The lowest BCUT2D eigenvalue weighted by Gasteiger charge is -2.33. The van der Waals surface area contributed by atoms with Crippen molar-refractivity contribution in [2.24, 2.45) is 0 Å². The van der Waals surface area contributed by atoms with E-state index < -0.39 is 0 Å². The lowest BCUT2D eigenvalue weighted by molar-refractivity contribution is 0.159. The summed E-state index contributed by atoms with van der Waals surface area (Å²) in [5, 5.41) is 11.7. The maximum atomic E-state index is 12.4. The molecule has 2 fully saturated rings. The summed E-state index contributed by atoms with van der Waals surface area (Å²) in [6.45, 7) is 12.2. The Balaban J connectivity index is 1.34. The molecule has 8 heteroatoms. The molecule has 196 valence electrons. The van der Waals surface area contributed by atoms with Crippen LogP contribution in [-0.4, -0.2) is 73.2 Å². The highest BCUT2D eigenvalue weighted by Crippen LogP contribution is 2.20. The van der Waals surface area contributed by atoms with Gasteiger partial charge < -0.3 is 31.1 Å². The fraction of sp³-hybridized carbons (Fsp3) is 0.704. The van der Waals surface area contributed by atoms with E-state index in [0.717, 1.165) is 44.6 Å². The monoisotopic (exact) mass is 486 g/mol. The van der Waals surface area contributed by atoms with Crippen molar-refractivity contribution >= 4 is 23.4 Å². The van der Waals surface area contributed by atoms with Gasteiger partial charge in [-0.3, -0.25) is 0 Å². The van der Waals surface area contributed by atoms with E-state index in [-0.39, 0.29) is 12.1 Å². The molecule has 2 aliphatic heterocycles. The zero-order valence-electron chi connectivity index (χ0n) is 22.0. The van der Waals surface area contributed by atoms with E-state index in [1.54, 1.807) is 6.07 Å². The van der Waals surface area contributed by atoms with Crippen molar-refractivity contribution in [1.82, 2.24) is 20.4 Å². The Morgan fingerprint density at radius 3 is 1.91 bits per heavy atom. The van der Waals surface area contributed by atoms with Crippen LogP contribution in [0.2, 0.25) is 0 Å². The van der Waals surface area contributed by atoms with E-state index in [1.165, 1.54) is 38.5 Å². The third kappa shape index (κ3) is 9.33. The molecular weight excluding hydrogens is 440 g/mol. The number of hydrogen-bond donors (Lipinski definition) is 4. The lowest BCUT2D eigenvalue weighted by Crippen LogP contribution is -2.39. The minimum atomic E-state index is -0.220. The van der Waals surface area contributed by atoms with Gasteiger partial charge in [-0.15, -0.1) is 0 Å². The number of urea groups is 2. The molecule has 3 rings (SSSR count).